The molecule has 0 saturated heterocycles. The molecule has 1 amide bonds. The second-order valence-corrected chi connectivity index (χ2v) is 8.00. The molecule has 6 nitrogen and oxygen atoms in total. The third-order valence-electron chi connectivity index (χ3n) is 4.89. The molecule has 0 aliphatic heterocycles. The van der Waals surface area contributed by atoms with Crippen LogP contribution in [0.1, 0.15) is 6.42 Å². The van der Waals surface area contributed by atoms with Crippen LogP contribution >= 0.6 is 11.8 Å². The number of carbonyl (C=O) groups excluding carboxylic acids is 1. The van der Waals surface area contributed by atoms with E-state index in [-0.39, 0.29) is 30.4 Å². The summed E-state index contributed by atoms with van der Waals surface area (Å²) in [5.74, 6) is 0.176. The van der Waals surface area contributed by atoms with Gasteiger partial charge in [-0.15, -0.1) is 10.2 Å². The van der Waals surface area contributed by atoms with Gasteiger partial charge in [-0.1, -0.05) is 60.3 Å². The number of hydrogen-bond acceptors (Lipinski definition) is 5. The number of halogens is 1. The minimum absolute atomic E-state index is 0.0859. The minimum atomic E-state index is -0.384. The normalized spacial score (nSPS) is 10.5. The van der Waals surface area contributed by atoms with Crippen molar-refractivity contribution in [1.82, 2.24) is 14.8 Å². The standard InChI is InChI=1S/C25H20FN5OS/c26-20-12-14-21(15-13-20)30(17-7-16-27)23(32)18-33-25-29-28-24(19-8-3-1-4-9-19)31(25)22-10-5-2-6-11-22/h1-6,8-15H,7,17-18H2. The fourth-order valence-electron chi connectivity index (χ4n) is 3.33. The lowest BCUT2D eigenvalue weighted by atomic mass is 10.2. The van der Waals surface area contributed by atoms with Crippen LogP contribution < -0.4 is 4.90 Å². The summed E-state index contributed by atoms with van der Waals surface area (Å²) in [6, 6.07) is 27.2. The lowest BCUT2D eigenvalue weighted by Crippen LogP contribution is -2.33. The van der Waals surface area contributed by atoms with E-state index in [0.29, 0.717) is 16.7 Å². The van der Waals surface area contributed by atoms with Crippen LogP contribution in [0.25, 0.3) is 17.1 Å². The number of thioether (sulfide) groups is 1. The van der Waals surface area contributed by atoms with Gasteiger partial charge in [0.1, 0.15) is 5.82 Å². The maximum Gasteiger partial charge on any atom is 0.237 e. The molecule has 0 radical (unpaired) electrons. The van der Waals surface area contributed by atoms with E-state index >= 15 is 0 Å². The molecule has 4 rings (SSSR count). The van der Waals surface area contributed by atoms with Crippen LogP contribution in [0.4, 0.5) is 10.1 Å². The largest absolute Gasteiger partial charge is 0.311 e. The summed E-state index contributed by atoms with van der Waals surface area (Å²) in [5, 5.41) is 18.3. The number of aromatic nitrogens is 3. The van der Waals surface area contributed by atoms with E-state index in [9.17, 15) is 9.18 Å². The topological polar surface area (TPSA) is 74.8 Å². The molecule has 4 aromatic rings. The Hall–Kier alpha value is -3.96. The Balaban J connectivity index is 1.61. The zero-order chi connectivity index (χ0) is 23.0. The summed E-state index contributed by atoms with van der Waals surface area (Å²) in [7, 11) is 0. The highest BCUT2D eigenvalue weighted by Gasteiger charge is 2.20. The van der Waals surface area contributed by atoms with Gasteiger partial charge >= 0.3 is 0 Å². The van der Waals surface area contributed by atoms with Crippen molar-refractivity contribution in [3.63, 3.8) is 0 Å². The highest BCUT2D eigenvalue weighted by molar-refractivity contribution is 7.99. The molecular weight excluding hydrogens is 437 g/mol. The Morgan fingerprint density at radius 3 is 2.30 bits per heavy atom. The van der Waals surface area contributed by atoms with E-state index in [1.807, 2.05) is 65.2 Å². The fourth-order valence-corrected chi connectivity index (χ4v) is 4.16. The summed E-state index contributed by atoms with van der Waals surface area (Å²) in [6.45, 7) is 0.224. The Morgan fingerprint density at radius 1 is 0.970 bits per heavy atom. The third-order valence-corrected chi connectivity index (χ3v) is 5.80. The first-order chi connectivity index (χ1) is 16.2. The molecule has 3 aromatic carbocycles. The maximum absolute atomic E-state index is 13.3. The van der Waals surface area contributed by atoms with Gasteiger partial charge in [0.05, 0.1) is 18.2 Å². The number of hydrogen-bond donors (Lipinski definition) is 0. The van der Waals surface area contributed by atoms with Crippen molar-refractivity contribution < 1.29 is 9.18 Å². The second kappa shape index (κ2) is 10.6. The van der Waals surface area contributed by atoms with Gasteiger partial charge in [-0.25, -0.2) is 4.39 Å². The molecule has 8 heteroatoms. The summed E-state index contributed by atoms with van der Waals surface area (Å²) in [5.41, 5.74) is 2.34. The number of rotatable bonds is 8. The summed E-state index contributed by atoms with van der Waals surface area (Å²) in [6.07, 6.45) is 0.173. The van der Waals surface area contributed by atoms with E-state index < -0.39 is 0 Å². The summed E-state index contributed by atoms with van der Waals surface area (Å²) >= 11 is 1.27. The molecule has 0 unspecified atom stereocenters. The molecule has 1 heterocycles. The van der Waals surface area contributed by atoms with Gasteiger partial charge in [0.15, 0.2) is 11.0 Å². The molecule has 0 fully saturated rings. The quantitative estimate of drug-likeness (QED) is 0.344. The highest BCUT2D eigenvalue weighted by Crippen LogP contribution is 2.28. The lowest BCUT2D eigenvalue weighted by Gasteiger charge is -2.21. The number of benzene rings is 3. The first-order valence-electron chi connectivity index (χ1n) is 10.3. The van der Waals surface area contributed by atoms with Crippen molar-refractivity contribution in [2.24, 2.45) is 0 Å². The number of carbonyl (C=O) groups is 1. The Kier molecular flexibility index (Phi) is 7.12. The number of para-hydroxylation sites is 1. The van der Waals surface area contributed by atoms with Gasteiger partial charge < -0.3 is 4.90 Å². The van der Waals surface area contributed by atoms with Crippen molar-refractivity contribution in [1.29, 1.82) is 5.26 Å². The second-order valence-electron chi connectivity index (χ2n) is 7.06. The zero-order valence-corrected chi connectivity index (χ0v) is 18.5. The smallest absolute Gasteiger partial charge is 0.237 e. The summed E-state index contributed by atoms with van der Waals surface area (Å²) in [4.78, 5) is 14.6. The zero-order valence-electron chi connectivity index (χ0n) is 17.6. The monoisotopic (exact) mass is 457 g/mol. The highest BCUT2D eigenvalue weighted by atomic mass is 32.2. The average Bonchev–Trinajstić information content (AvgIpc) is 3.29. The van der Waals surface area contributed by atoms with Gasteiger partial charge in [0.2, 0.25) is 5.91 Å². The number of amides is 1. The first kappa shape index (κ1) is 22.2. The third kappa shape index (κ3) is 5.27. The van der Waals surface area contributed by atoms with Crippen LogP contribution in [0, 0.1) is 17.1 Å². The van der Waals surface area contributed by atoms with Crippen LogP contribution in [-0.4, -0.2) is 33.0 Å². The van der Waals surface area contributed by atoms with Crippen molar-refractivity contribution >= 4 is 23.4 Å². The predicted molar refractivity (Wildman–Crippen MR) is 127 cm³/mol. The van der Waals surface area contributed by atoms with E-state index in [1.54, 1.807) is 0 Å². The van der Waals surface area contributed by atoms with Crippen molar-refractivity contribution in [3.05, 3.63) is 90.7 Å². The molecule has 33 heavy (non-hydrogen) atoms. The molecule has 1 aromatic heterocycles. The predicted octanol–water partition coefficient (Wildman–Crippen LogP) is 5.11. The molecule has 0 bridgehead atoms. The molecular formula is C25H20FN5OS. The molecule has 0 spiro atoms. The minimum Gasteiger partial charge on any atom is -0.311 e. The summed E-state index contributed by atoms with van der Waals surface area (Å²) < 4.78 is 15.3. The van der Waals surface area contributed by atoms with Crippen LogP contribution in [-0.2, 0) is 4.79 Å². The van der Waals surface area contributed by atoms with E-state index in [4.69, 9.17) is 5.26 Å². The number of nitrogens with zero attached hydrogens (tertiary/aromatic N) is 5. The first-order valence-corrected chi connectivity index (χ1v) is 11.3. The molecule has 0 N–H and O–H groups in total. The Labute approximate surface area is 195 Å². The van der Waals surface area contributed by atoms with Crippen molar-refractivity contribution in [3.8, 4) is 23.1 Å². The van der Waals surface area contributed by atoms with Gasteiger partial charge in [0.25, 0.3) is 0 Å². The number of nitriles is 1. The van der Waals surface area contributed by atoms with Crippen LogP contribution in [0.3, 0.4) is 0 Å². The molecule has 0 aliphatic carbocycles. The van der Waals surface area contributed by atoms with Gasteiger partial charge in [-0.3, -0.25) is 9.36 Å². The van der Waals surface area contributed by atoms with E-state index in [0.717, 1.165) is 11.3 Å². The molecule has 0 atom stereocenters. The van der Waals surface area contributed by atoms with Gasteiger partial charge in [-0.05, 0) is 36.4 Å². The van der Waals surface area contributed by atoms with Crippen LogP contribution in [0.15, 0.2) is 90.1 Å². The SMILES string of the molecule is N#CCCN(C(=O)CSc1nnc(-c2ccccc2)n1-c1ccccc1)c1ccc(F)cc1. The van der Waals surface area contributed by atoms with Gasteiger partial charge in [0, 0.05) is 23.5 Å². The van der Waals surface area contributed by atoms with Crippen molar-refractivity contribution in [2.75, 3.05) is 17.2 Å². The van der Waals surface area contributed by atoms with Crippen LogP contribution in [0.5, 0.6) is 0 Å². The lowest BCUT2D eigenvalue weighted by molar-refractivity contribution is -0.116. The molecule has 0 aliphatic rings. The Morgan fingerprint density at radius 2 is 1.64 bits per heavy atom. The number of anilines is 1. The molecule has 0 saturated carbocycles. The molecule has 164 valence electrons. The Bertz CT molecular complexity index is 1250. The van der Waals surface area contributed by atoms with Crippen LogP contribution in [0.2, 0.25) is 0 Å². The average molecular weight is 458 g/mol. The fraction of sp³-hybridized carbons (Fsp3) is 0.120. The van der Waals surface area contributed by atoms with E-state index in [2.05, 4.69) is 16.3 Å². The maximum atomic E-state index is 13.3. The van der Waals surface area contributed by atoms with E-state index in [1.165, 1.54) is 40.9 Å². The van der Waals surface area contributed by atoms with Crippen molar-refractivity contribution in [2.45, 2.75) is 11.6 Å². The van der Waals surface area contributed by atoms with Gasteiger partial charge in [-0.2, -0.15) is 5.26 Å².